The van der Waals surface area contributed by atoms with E-state index in [9.17, 15) is 33.9 Å². The van der Waals surface area contributed by atoms with Crippen molar-refractivity contribution in [2.24, 2.45) is 56.4 Å². The van der Waals surface area contributed by atoms with Crippen molar-refractivity contribution in [1.82, 2.24) is 16.0 Å². The zero-order valence-corrected chi connectivity index (χ0v) is 30.5. The second-order valence-electron chi connectivity index (χ2n) is 13.6. The van der Waals surface area contributed by atoms with Crippen molar-refractivity contribution < 1.29 is 33.9 Å². The number of nitrogens with one attached hydrogen (secondary N) is 3. The molecular weight excluding hydrogens is 660 g/mol. The maximum absolute atomic E-state index is 13.9. The third kappa shape index (κ3) is 18.6. The van der Waals surface area contributed by atoms with Crippen molar-refractivity contribution in [1.29, 1.82) is 0 Å². The lowest BCUT2D eigenvalue weighted by molar-refractivity contribution is -0.135. The van der Waals surface area contributed by atoms with E-state index in [2.05, 4.69) is 25.9 Å². The minimum absolute atomic E-state index is 0.119. The summed E-state index contributed by atoms with van der Waals surface area (Å²) in [7, 11) is 1.51. The van der Waals surface area contributed by atoms with Crippen LogP contribution in [-0.2, 0) is 28.8 Å². The van der Waals surface area contributed by atoms with E-state index in [0.717, 1.165) is 32.1 Å². The molecular formula is C34H62N10O7. The van der Waals surface area contributed by atoms with Gasteiger partial charge in [0.2, 0.25) is 17.7 Å². The Morgan fingerprint density at radius 3 is 1.67 bits per heavy atom. The first-order chi connectivity index (χ1) is 24.0. The fourth-order valence-electron chi connectivity index (χ4n) is 6.43. The van der Waals surface area contributed by atoms with Crippen molar-refractivity contribution in [2.75, 3.05) is 20.1 Å². The number of hydrogen-bond acceptors (Lipinski definition) is 10. The van der Waals surface area contributed by atoms with E-state index in [0.29, 0.717) is 25.2 Å². The molecule has 0 aromatic heterocycles. The van der Waals surface area contributed by atoms with E-state index in [1.165, 1.54) is 20.9 Å². The Morgan fingerprint density at radius 1 is 0.745 bits per heavy atom. The highest BCUT2D eigenvalue weighted by atomic mass is 16.3. The van der Waals surface area contributed by atoms with Gasteiger partial charge in [0.05, 0.1) is 24.2 Å². The molecule has 0 radical (unpaired) electrons. The Morgan fingerprint density at radius 2 is 1.24 bits per heavy atom. The molecule has 0 aromatic carbocycles. The monoisotopic (exact) mass is 722 g/mol. The van der Waals surface area contributed by atoms with Crippen LogP contribution >= 0.6 is 0 Å². The first-order valence-electron chi connectivity index (χ1n) is 18.0. The summed E-state index contributed by atoms with van der Waals surface area (Å²) in [5.41, 5.74) is 27.1. The van der Waals surface area contributed by atoms with Crippen LogP contribution in [0.2, 0.25) is 0 Å². The summed E-state index contributed by atoms with van der Waals surface area (Å²) in [5.74, 6) is -4.70. The van der Waals surface area contributed by atoms with Crippen LogP contribution in [0.1, 0.15) is 104 Å². The van der Waals surface area contributed by atoms with E-state index in [-0.39, 0.29) is 69.3 Å². The summed E-state index contributed by atoms with van der Waals surface area (Å²) in [5, 5.41) is 18.4. The van der Waals surface area contributed by atoms with Crippen LogP contribution in [0.25, 0.3) is 0 Å². The van der Waals surface area contributed by atoms with Crippen LogP contribution < -0.4 is 44.6 Å². The highest BCUT2D eigenvalue weighted by Gasteiger charge is 2.33. The van der Waals surface area contributed by atoms with E-state index in [1.54, 1.807) is 0 Å². The van der Waals surface area contributed by atoms with Crippen molar-refractivity contribution in [3.05, 3.63) is 0 Å². The van der Waals surface area contributed by atoms with Crippen LogP contribution in [0.3, 0.4) is 0 Å². The molecule has 1 saturated carbocycles. The number of carbonyl (C=O) groups excluding carboxylic acids is 6. The largest absolute Gasteiger partial charge is 0.391 e. The number of carbonyl (C=O) groups is 6. The molecule has 0 heterocycles. The Bertz CT molecular complexity index is 1210. The number of rotatable bonds is 26. The third-order valence-corrected chi connectivity index (χ3v) is 9.27. The molecule has 6 atom stereocenters. The lowest BCUT2D eigenvalue weighted by Gasteiger charge is -2.28. The van der Waals surface area contributed by atoms with Gasteiger partial charge in [0.25, 0.3) is 0 Å². The number of Topliss-reactive ketones (excluding diaryl/α,β-unsaturated/α-hetero) is 3. The van der Waals surface area contributed by atoms with Gasteiger partial charge in [-0.05, 0) is 65.3 Å². The Balaban J connectivity index is 3.28. The van der Waals surface area contributed by atoms with Gasteiger partial charge < -0.3 is 49.7 Å². The zero-order chi connectivity index (χ0) is 38.5. The van der Waals surface area contributed by atoms with Crippen LogP contribution in [0.15, 0.2) is 9.98 Å². The molecule has 3 amide bonds. The molecule has 0 spiro atoms. The van der Waals surface area contributed by atoms with Gasteiger partial charge in [-0.15, -0.1) is 0 Å². The molecule has 17 heteroatoms. The Kier molecular flexibility index (Phi) is 21.2. The quantitative estimate of drug-likeness (QED) is 0.0295. The van der Waals surface area contributed by atoms with E-state index >= 15 is 0 Å². The normalized spacial score (nSPS) is 16.7. The number of nitrogens with two attached hydrogens (primary N) is 5. The lowest BCUT2D eigenvalue weighted by atomic mass is 9.84. The van der Waals surface area contributed by atoms with Crippen molar-refractivity contribution >= 4 is 47.0 Å². The number of hydrogen-bond donors (Lipinski definition) is 9. The highest BCUT2D eigenvalue weighted by molar-refractivity contribution is 5.96. The third-order valence-electron chi connectivity index (χ3n) is 9.27. The second kappa shape index (κ2) is 24.1. The van der Waals surface area contributed by atoms with Crippen LogP contribution in [0.5, 0.6) is 0 Å². The fraction of sp³-hybridized carbons (Fsp3) is 0.765. The molecule has 0 saturated heterocycles. The molecule has 14 N–H and O–H groups in total. The number of aliphatic imine (C=N–C) groups is 2. The smallest absolute Gasteiger partial charge is 0.224 e. The number of nitrogens with zero attached hydrogens (tertiary/aromatic N) is 2. The van der Waals surface area contributed by atoms with Crippen molar-refractivity contribution in [3.8, 4) is 0 Å². The van der Waals surface area contributed by atoms with Crippen molar-refractivity contribution in [2.45, 2.75) is 128 Å². The molecule has 1 aliphatic carbocycles. The standard InChI is InChI=1S/C34H62N10O7/c1-20(45)26(17-22-9-5-4-6-10-22)44-32(51)23(11-7-15-41-33(36)37)18-27(47)25(13-14-29(35)49)43-31(50)24(12-8-16-42-34(38)39)19-28(48)30(40-3)21(2)46/h21-26,30,40,46H,4-19H2,1-3H3,(H2,35,49)(H,43,50)(H,44,51)(H4,36,37,41)(H4,38,39,42)/t21-,23-,24-,25+,26+,30+/m1/s1. The summed E-state index contributed by atoms with van der Waals surface area (Å²) in [4.78, 5) is 86.6. The number of aliphatic hydroxyl groups is 1. The van der Waals surface area contributed by atoms with Crippen LogP contribution in [0, 0.1) is 17.8 Å². The molecule has 0 aliphatic heterocycles. The SMILES string of the molecule is CN[C@H](C(=O)C[C@@H](CCCN=C(N)N)C(=O)N[C@@H](CCC(N)=O)C(=O)C[C@@H](CCCN=C(N)N)C(=O)N[C@@H](CC1CCCCC1)C(C)=O)[C@@H](C)O. The summed E-state index contributed by atoms with van der Waals surface area (Å²) in [6, 6.07) is -2.85. The number of aliphatic hydroxyl groups excluding tert-OH is 1. The molecule has 0 bridgehead atoms. The first kappa shape index (κ1) is 44.9. The van der Waals surface area contributed by atoms with E-state index in [1.807, 2.05) is 0 Å². The number of ketones is 3. The Labute approximate surface area is 301 Å². The fourth-order valence-corrected chi connectivity index (χ4v) is 6.43. The van der Waals surface area contributed by atoms with Gasteiger partial charge in [0.15, 0.2) is 29.3 Å². The van der Waals surface area contributed by atoms with Gasteiger partial charge >= 0.3 is 0 Å². The van der Waals surface area contributed by atoms with Gasteiger partial charge in [-0.3, -0.25) is 38.8 Å². The molecule has 51 heavy (non-hydrogen) atoms. The molecule has 0 aromatic rings. The maximum atomic E-state index is 13.9. The Hall–Kier alpha value is -4.12. The summed E-state index contributed by atoms with van der Waals surface area (Å²) < 4.78 is 0. The zero-order valence-electron chi connectivity index (χ0n) is 30.5. The van der Waals surface area contributed by atoms with E-state index < -0.39 is 65.4 Å². The molecule has 1 rings (SSSR count). The second-order valence-corrected chi connectivity index (χ2v) is 13.6. The molecule has 1 fully saturated rings. The molecule has 290 valence electrons. The predicted molar refractivity (Wildman–Crippen MR) is 195 cm³/mol. The lowest BCUT2D eigenvalue weighted by Crippen LogP contribution is -2.48. The average molecular weight is 723 g/mol. The van der Waals surface area contributed by atoms with E-state index in [4.69, 9.17) is 28.7 Å². The van der Waals surface area contributed by atoms with Gasteiger partial charge in [-0.1, -0.05) is 32.1 Å². The summed E-state index contributed by atoms with van der Waals surface area (Å²) in [6.45, 7) is 3.27. The van der Waals surface area contributed by atoms with Gasteiger partial charge in [0.1, 0.15) is 0 Å². The number of likely N-dealkylation sites (N-methyl/N-ethyl adjacent to an activating group) is 1. The van der Waals surface area contributed by atoms with Gasteiger partial charge in [-0.2, -0.15) is 0 Å². The van der Waals surface area contributed by atoms with Gasteiger partial charge in [0, 0.05) is 44.2 Å². The number of guanidine groups is 2. The minimum atomic E-state index is -1.21. The van der Waals surface area contributed by atoms with Crippen LogP contribution in [-0.4, -0.2) is 96.5 Å². The molecule has 0 unspecified atom stereocenters. The minimum Gasteiger partial charge on any atom is -0.391 e. The molecule has 17 nitrogen and oxygen atoms in total. The predicted octanol–water partition coefficient (Wildman–Crippen LogP) is -0.992. The average Bonchev–Trinajstić information content (AvgIpc) is 3.05. The number of primary amides is 1. The topological polar surface area (TPSA) is 314 Å². The summed E-state index contributed by atoms with van der Waals surface area (Å²) in [6.07, 6.45) is 4.86. The maximum Gasteiger partial charge on any atom is 0.224 e. The summed E-state index contributed by atoms with van der Waals surface area (Å²) >= 11 is 0. The van der Waals surface area contributed by atoms with Crippen molar-refractivity contribution in [3.63, 3.8) is 0 Å². The molecule has 1 aliphatic rings. The van der Waals surface area contributed by atoms with Gasteiger partial charge in [-0.25, -0.2) is 0 Å². The highest BCUT2D eigenvalue weighted by Crippen LogP contribution is 2.28. The van der Waals surface area contributed by atoms with Crippen LogP contribution in [0.4, 0.5) is 0 Å². The first-order valence-corrected chi connectivity index (χ1v) is 18.0. The number of amides is 3.